The van der Waals surface area contributed by atoms with Crippen LogP contribution < -0.4 is 0 Å². The van der Waals surface area contributed by atoms with E-state index in [1.54, 1.807) is 12.1 Å². The van der Waals surface area contributed by atoms with E-state index in [9.17, 15) is 14.0 Å². The van der Waals surface area contributed by atoms with Crippen LogP contribution in [0.5, 0.6) is 0 Å². The minimum absolute atomic E-state index is 0.00806. The van der Waals surface area contributed by atoms with E-state index < -0.39 is 0 Å². The molecule has 2 amide bonds. The molecule has 1 aromatic carbocycles. The predicted octanol–water partition coefficient (Wildman–Crippen LogP) is 3.77. The van der Waals surface area contributed by atoms with Crippen molar-refractivity contribution < 1.29 is 14.0 Å². The molecule has 5 heteroatoms. The van der Waals surface area contributed by atoms with E-state index in [1.807, 2.05) is 36.6 Å². The first-order chi connectivity index (χ1) is 12.4. The summed E-state index contributed by atoms with van der Waals surface area (Å²) >= 11 is 0. The van der Waals surface area contributed by atoms with Crippen molar-refractivity contribution in [3.05, 3.63) is 35.6 Å². The molecule has 1 aromatic rings. The lowest BCUT2D eigenvalue weighted by Gasteiger charge is -2.37. The van der Waals surface area contributed by atoms with Gasteiger partial charge in [0.25, 0.3) is 0 Å². The van der Waals surface area contributed by atoms with Crippen LogP contribution in [-0.2, 0) is 9.59 Å². The predicted molar refractivity (Wildman–Crippen MR) is 98.8 cm³/mol. The molecule has 4 nitrogen and oxygen atoms in total. The van der Waals surface area contributed by atoms with Gasteiger partial charge in [-0.2, -0.15) is 0 Å². The van der Waals surface area contributed by atoms with Crippen LogP contribution in [0.4, 0.5) is 4.39 Å². The summed E-state index contributed by atoms with van der Waals surface area (Å²) in [6, 6.07) is 6.69. The van der Waals surface area contributed by atoms with Gasteiger partial charge in [0.1, 0.15) is 5.82 Å². The zero-order chi connectivity index (χ0) is 18.8. The third-order valence-corrected chi connectivity index (χ3v) is 5.62. The molecule has 2 fully saturated rings. The first-order valence-corrected chi connectivity index (χ1v) is 9.75. The van der Waals surface area contributed by atoms with Crippen molar-refractivity contribution in [3.63, 3.8) is 0 Å². The van der Waals surface area contributed by atoms with Crippen molar-refractivity contribution in [1.29, 1.82) is 0 Å². The van der Waals surface area contributed by atoms with Crippen molar-refractivity contribution in [2.75, 3.05) is 13.1 Å². The molecule has 0 bridgehead atoms. The number of carbonyl (C=O) groups is 2. The van der Waals surface area contributed by atoms with Gasteiger partial charge in [0.05, 0.1) is 6.04 Å². The smallest absolute Gasteiger partial charge is 0.226 e. The van der Waals surface area contributed by atoms with E-state index in [4.69, 9.17) is 0 Å². The van der Waals surface area contributed by atoms with E-state index in [0.29, 0.717) is 31.5 Å². The maximum Gasteiger partial charge on any atom is 0.226 e. The normalized spacial score (nSPS) is 19.5. The molecule has 0 N–H and O–H groups in total. The minimum atomic E-state index is -0.258. The monoisotopic (exact) mass is 360 g/mol. The Morgan fingerprint density at radius 2 is 1.69 bits per heavy atom. The highest BCUT2D eigenvalue weighted by molar-refractivity contribution is 5.81. The maximum atomic E-state index is 14.2. The number of benzene rings is 1. The summed E-state index contributed by atoms with van der Waals surface area (Å²) in [7, 11) is 0. The van der Waals surface area contributed by atoms with E-state index in [1.165, 1.54) is 6.07 Å². The Morgan fingerprint density at radius 3 is 2.23 bits per heavy atom. The Bertz CT molecular complexity index is 664. The lowest BCUT2D eigenvalue weighted by atomic mass is 9.93. The third kappa shape index (κ3) is 3.92. The molecule has 0 aromatic heterocycles. The number of halogens is 1. The topological polar surface area (TPSA) is 40.6 Å². The number of nitrogens with zero attached hydrogens (tertiary/aromatic N) is 2. The summed E-state index contributed by atoms with van der Waals surface area (Å²) in [5.74, 6) is -0.0438. The van der Waals surface area contributed by atoms with E-state index in [-0.39, 0.29) is 41.6 Å². The highest BCUT2D eigenvalue weighted by Gasteiger charge is 2.40. The van der Waals surface area contributed by atoms with Crippen molar-refractivity contribution in [1.82, 2.24) is 9.80 Å². The Balaban J connectivity index is 1.69. The fraction of sp³-hybridized carbons (Fsp3) is 0.619. The van der Waals surface area contributed by atoms with Gasteiger partial charge >= 0.3 is 0 Å². The molecule has 1 aliphatic heterocycles. The lowest BCUT2D eigenvalue weighted by Crippen LogP contribution is -2.46. The van der Waals surface area contributed by atoms with Crippen LogP contribution in [0.3, 0.4) is 0 Å². The average Bonchev–Trinajstić information content (AvgIpc) is 3.46. The molecule has 1 unspecified atom stereocenters. The highest BCUT2D eigenvalue weighted by atomic mass is 19.1. The second-order valence-electron chi connectivity index (χ2n) is 7.93. The first-order valence-electron chi connectivity index (χ1n) is 9.75. The third-order valence-electron chi connectivity index (χ3n) is 5.62. The summed E-state index contributed by atoms with van der Waals surface area (Å²) in [6.07, 6.45) is 3.39. The minimum Gasteiger partial charge on any atom is -0.342 e. The van der Waals surface area contributed by atoms with Crippen molar-refractivity contribution in [3.8, 4) is 0 Å². The van der Waals surface area contributed by atoms with Gasteiger partial charge in [0, 0.05) is 36.5 Å². The number of hydrogen-bond donors (Lipinski definition) is 0. The Kier molecular flexibility index (Phi) is 5.64. The molecule has 26 heavy (non-hydrogen) atoms. The number of piperidine rings is 1. The SMILES string of the molecule is CC(C)C(=O)N1CCC(C(=O)N(C2CC2)C(C)c2ccccc2F)CC1. The second kappa shape index (κ2) is 7.77. The average molecular weight is 360 g/mol. The molecule has 1 aliphatic carbocycles. The fourth-order valence-corrected chi connectivity index (χ4v) is 3.93. The number of hydrogen-bond acceptors (Lipinski definition) is 2. The highest BCUT2D eigenvalue weighted by Crippen LogP contribution is 2.37. The maximum absolute atomic E-state index is 14.2. The lowest BCUT2D eigenvalue weighted by molar-refractivity contribution is -0.144. The van der Waals surface area contributed by atoms with Crippen LogP contribution in [0.2, 0.25) is 0 Å². The van der Waals surface area contributed by atoms with Gasteiger partial charge in [0.2, 0.25) is 11.8 Å². The van der Waals surface area contributed by atoms with Crippen LogP contribution in [0, 0.1) is 17.7 Å². The standard InChI is InChI=1S/C21H29FN2O2/c1-14(2)20(25)23-12-10-16(11-13-23)21(26)24(17-8-9-17)15(3)18-6-4-5-7-19(18)22/h4-7,14-17H,8-13H2,1-3H3. The summed E-state index contributed by atoms with van der Waals surface area (Å²) in [6.45, 7) is 7.01. The van der Waals surface area contributed by atoms with Gasteiger partial charge < -0.3 is 9.80 Å². The summed E-state index contributed by atoms with van der Waals surface area (Å²) in [5, 5.41) is 0. The van der Waals surface area contributed by atoms with Gasteiger partial charge in [-0.25, -0.2) is 4.39 Å². The van der Waals surface area contributed by atoms with Crippen LogP contribution in [0.15, 0.2) is 24.3 Å². The molecule has 3 rings (SSSR count). The second-order valence-corrected chi connectivity index (χ2v) is 7.93. The molecule has 1 heterocycles. The number of carbonyl (C=O) groups excluding carboxylic acids is 2. The summed E-state index contributed by atoms with van der Waals surface area (Å²) in [5.41, 5.74) is 0.583. The first kappa shape index (κ1) is 18.9. The van der Waals surface area contributed by atoms with E-state index in [0.717, 1.165) is 12.8 Å². The van der Waals surface area contributed by atoms with Gasteiger partial charge in [-0.15, -0.1) is 0 Å². The quantitative estimate of drug-likeness (QED) is 0.802. The van der Waals surface area contributed by atoms with Crippen LogP contribution in [0.25, 0.3) is 0 Å². The largest absolute Gasteiger partial charge is 0.342 e. The van der Waals surface area contributed by atoms with Crippen LogP contribution in [-0.4, -0.2) is 40.7 Å². The Labute approximate surface area is 155 Å². The molecule has 0 spiro atoms. The Hall–Kier alpha value is -1.91. The molecular weight excluding hydrogens is 331 g/mol. The van der Waals surface area contributed by atoms with Crippen molar-refractivity contribution >= 4 is 11.8 Å². The van der Waals surface area contributed by atoms with Gasteiger partial charge in [0.15, 0.2) is 0 Å². The number of amides is 2. The molecule has 0 radical (unpaired) electrons. The summed E-state index contributed by atoms with van der Waals surface area (Å²) < 4.78 is 14.2. The van der Waals surface area contributed by atoms with Crippen LogP contribution >= 0.6 is 0 Å². The van der Waals surface area contributed by atoms with Crippen molar-refractivity contribution in [2.45, 2.75) is 58.5 Å². The fourth-order valence-electron chi connectivity index (χ4n) is 3.93. The molecule has 1 atom stereocenters. The number of likely N-dealkylation sites (tertiary alicyclic amines) is 1. The van der Waals surface area contributed by atoms with Gasteiger partial charge in [-0.3, -0.25) is 9.59 Å². The molecule has 1 saturated carbocycles. The van der Waals surface area contributed by atoms with E-state index >= 15 is 0 Å². The molecule has 1 saturated heterocycles. The van der Waals surface area contributed by atoms with Crippen LogP contribution in [0.1, 0.15) is 58.1 Å². The molecular formula is C21H29FN2O2. The zero-order valence-electron chi connectivity index (χ0n) is 16.0. The Morgan fingerprint density at radius 1 is 1.08 bits per heavy atom. The van der Waals surface area contributed by atoms with E-state index in [2.05, 4.69) is 0 Å². The van der Waals surface area contributed by atoms with Gasteiger partial charge in [-0.1, -0.05) is 32.0 Å². The number of rotatable bonds is 5. The molecule has 2 aliphatic rings. The van der Waals surface area contributed by atoms with Gasteiger partial charge in [-0.05, 0) is 38.7 Å². The zero-order valence-corrected chi connectivity index (χ0v) is 16.0. The van der Waals surface area contributed by atoms with Crippen molar-refractivity contribution in [2.24, 2.45) is 11.8 Å². The summed E-state index contributed by atoms with van der Waals surface area (Å²) in [4.78, 5) is 29.1. The molecule has 142 valence electrons.